The van der Waals surface area contributed by atoms with Crippen molar-refractivity contribution < 1.29 is 14.9 Å². The summed E-state index contributed by atoms with van der Waals surface area (Å²) in [5, 5.41) is 24.3. The summed E-state index contributed by atoms with van der Waals surface area (Å²) >= 11 is 0. The van der Waals surface area contributed by atoms with E-state index in [-0.39, 0.29) is 5.54 Å². The van der Waals surface area contributed by atoms with Crippen molar-refractivity contribution in [2.24, 2.45) is 0 Å². The van der Waals surface area contributed by atoms with Crippen molar-refractivity contribution in [3.05, 3.63) is 35.4 Å². The number of rotatable bonds is 6. The SMILES string of the molecule is Cc1ccccc1C1(NCC(O)CC2(O)CCOCC2)CC1. The van der Waals surface area contributed by atoms with Crippen LogP contribution in [-0.4, -0.2) is 41.7 Å². The number of hydrogen-bond acceptors (Lipinski definition) is 4. The molecule has 1 saturated heterocycles. The van der Waals surface area contributed by atoms with Gasteiger partial charge in [-0.2, -0.15) is 0 Å². The molecule has 3 N–H and O–H groups in total. The van der Waals surface area contributed by atoms with Gasteiger partial charge >= 0.3 is 0 Å². The fraction of sp³-hybridized carbons (Fsp3) is 0.667. The van der Waals surface area contributed by atoms with Crippen LogP contribution in [0.2, 0.25) is 0 Å². The molecule has 3 rings (SSSR count). The van der Waals surface area contributed by atoms with Gasteiger partial charge in [-0.05, 0) is 43.7 Å². The molecule has 4 heteroatoms. The second kappa shape index (κ2) is 6.28. The normalized spacial score (nSPS) is 24.0. The van der Waals surface area contributed by atoms with Crippen molar-refractivity contribution in [1.82, 2.24) is 5.32 Å². The first kappa shape index (κ1) is 15.9. The minimum absolute atomic E-state index is 0.0324. The summed E-state index contributed by atoms with van der Waals surface area (Å²) in [6, 6.07) is 8.45. The van der Waals surface area contributed by atoms with Crippen LogP contribution in [0.3, 0.4) is 0 Å². The van der Waals surface area contributed by atoms with Gasteiger partial charge < -0.3 is 20.3 Å². The summed E-state index contributed by atoms with van der Waals surface area (Å²) in [5.74, 6) is 0. The fourth-order valence-electron chi connectivity index (χ4n) is 3.56. The molecule has 1 aliphatic carbocycles. The average molecular weight is 305 g/mol. The van der Waals surface area contributed by atoms with Crippen LogP contribution in [0.1, 0.15) is 43.2 Å². The highest BCUT2D eigenvalue weighted by Crippen LogP contribution is 2.46. The third-order valence-electron chi connectivity index (χ3n) is 5.13. The van der Waals surface area contributed by atoms with Crippen LogP contribution < -0.4 is 5.32 Å². The molecule has 1 atom stereocenters. The van der Waals surface area contributed by atoms with Crippen molar-refractivity contribution >= 4 is 0 Å². The van der Waals surface area contributed by atoms with E-state index < -0.39 is 11.7 Å². The Bertz CT molecular complexity index is 507. The van der Waals surface area contributed by atoms with Gasteiger partial charge in [0.25, 0.3) is 0 Å². The number of aliphatic hydroxyl groups is 2. The number of nitrogens with one attached hydrogen (secondary N) is 1. The number of aryl methyl sites for hydroxylation is 1. The van der Waals surface area contributed by atoms with Crippen LogP contribution in [0.15, 0.2) is 24.3 Å². The summed E-state index contributed by atoms with van der Waals surface area (Å²) in [4.78, 5) is 0. The molecule has 4 nitrogen and oxygen atoms in total. The zero-order chi connectivity index (χ0) is 15.6. The molecule has 1 saturated carbocycles. The third kappa shape index (κ3) is 3.51. The maximum absolute atomic E-state index is 10.5. The van der Waals surface area contributed by atoms with E-state index in [0.717, 1.165) is 12.8 Å². The largest absolute Gasteiger partial charge is 0.392 e. The number of ether oxygens (including phenoxy) is 1. The third-order valence-corrected chi connectivity index (χ3v) is 5.13. The summed E-state index contributed by atoms with van der Waals surface area (Å²) in [5.41, 5.74) is 1.90. The van der Waals surface area contributed by atoms with Gasteiger partial charge in [-0.3, -0.25) is 0 Å². The van der Waals surface area contributed by atoms with E-state index in [1.807, 2.05) is 0 Å². The van der Waals surface area contributed by atoms with Crippen LogP contribution in [0.5, 0.6) is 0 Å². The van der Waals surface area contributed by atoms with E-state index in [4.69, 9.17) is 4.74 Å². The van der Waals surface area contributed by atoms with Gasteiger partial charge in [0.15, 0.2) is 0 Å². The lowest BCUT2D eigenvalue weighted by atomic mass is 9.88. The van der Waals surface area contributed by atoms with Gasteiger partial charge in [-0.1, -0.05) is 24.3 Å². The summed E-state index contributed by atoms with van der Waals surface area (Å²) in [6.45, 7) is 3.84. The van der Waals surface area contributed by atoms with Crippen molar-refractivity contribution in [2.45, 2.75) is 56.3 Å². The predicted octanol–water partition coefficient (Wildman–Crippen LogP) is 1.87. The highest BCUT2D eigenvalue weighted by Gasteiger charge is 2.45. The maximum Gasteiger partial charge on any atom is 0.0716 e. The van der Waals surface area contributed by atoms with E-state index in [1.54, 1.807) is 0 Å². The molecule has 1 unspecified atom stereocenters. The van der Waals surface area contributed by atoms with E-state index in [2.05, 4.69) is 36.5 Å². The smallest absolute Gasteiger partial charge is 0.0716 e. The van der Waals surface area contributed by atoms with Gasteiger partial charge in [-0.15, -0.1) is 0 Å². The van der Waals surface area contributed by atoms with E-state index in [1.165, 1.54) is 11.1 Å². The van der Waals surface area contributed by atoms with Gasteiger partial charge in [0.2, 0.25) is 0 Å². The first-order chi connectivity index (χ1) is 10.5. The predicted molar refractivity (Wildman–Crippen MR) is 85.7 cm³/mol. The highest BCUT2D eigenvalue weighted by atomic mass is 16.5. The zero-order valence-electron chi connectivity index (χ0n) is 13.3. The summed E-state index contributed by atoms with van der Waals surface area (Å²) in [6.07, 6.45) is 3.36. The molecule has 0 aromatic heterocycles. The van der Waals surface area contributed by atoms with Crippen molar-refractivity contribution in [1.29, 1.82) is 0 Å². The lowest BCUT2D eigenvalue weighted by molar-refractivity contribution is -0.0863. The van der Waals surface area contributed by atoms with Gasteiger partial charge in [-0.25, -0.2) is 0 Å². The van der Waals surface area contributed by atoms with Crippen LogP contribution in [0.25, 0.3) is 0 Å². The van der Waals surface area contributed by atoms with Crippen LogP contribution in [-0.2, 0) is 10.3 Å². The molecule has 22 heavy (non-hydrogen) atoms. The molecule has 1 heterocycles. The lowest BCUT2D eigenvalue weighted by Crippen LogP contribution is -2.43. The Morgan fingerprint density at radius 2 is 1.86 bits per heavy atom. The topological polar surface area (TPSA) is 61.7 Å². The maximum atomic E-state index is 10.5. The second-order valence-electron chi connectivity index (χ2n) is 6.97. The molecule has 0 bridgehead atoms. The van der Waals surface area contributed by atoms with E-state index in [0.29, 0.717) is 39.0 Å². The number of aliphatic hydroxyl groups excluding tert-OH is 1. The van der Waals surface area contributed by atoms with Gasteiger partial charge in [0.1, 0.15) is 0 Å². The summed E-state index contributed by atoms with van der Waals surface area (Å²) < 4.78 is 5.28. The molecule has 0 spiro atoms. The molecule has 2 aliphatic rings. The molecule has 1 aliphatic heterocycles. The molecular weight excluding hydrogens is 278 g/mol. The molecule has 1 aromatic carbocycles. The first-order valence-electron chi connectivity index (χ1n) is 8.32. The quantitative estimate of drug-likeness (QED) is 0.751. The Morgan fingerprint density at radius 3 is 2.50 bits per heavy atom. The Hall–Kier alpha value is -0.940. The Morgan fingerprint density at radius 1 is 1.18 bits per heavy atom. The lowest BCUT2D eigenvalue weighted by Gasteiger charge is -2.34. The fourth-order valence-corrected chi connectivity index (χ4v) is 3.56. The highest BCUT2D eigenvalue weighted by molar-refractivity contribution is 5.36. The average Bonchev–Trinajstić information content (AvgIpc) is 3.27. The minimum atomic E-state index is -0.765. The molecule has 1 aromatic rings. The monoisotopic (exact) mass is 305 g/mol. The first-order valence-corrected chi connectivity index (χ1v) is 8.32. The van der Waals surface area contributed by atoms with Gasteiger partial charge in [0.05, 0.1) is 11.7 Å². The van der Waals surface area contributed by atoms with Crippen molar-refractivity contribution in [3.63, 3.8) is 0 Å². The molecule has 0 amide bonds. The van der Waals surface area contributed by atoms with E-state index >= 15 is 0 Å². The Labute approximate surface area is 132 Å². The standard InChI is InChI=1S/C18H27NO3/c1-14-4-2-3-5-16(14)18(6-7-18)19-13-15(20)12-17(21)8-10-22-11-9-17/h2-5,15,19-21H,6-13H2,1H3. The van der Waals surface area contributed by atoms with Crippen molar-refractivity contribution in [3.8, 4) is 0 Å². The minimum Gasteiger partial charge on any atom is -0.392 e. The van der Waals surface area contributed by atoms with Gasteiger partial charge in [0, 0.05) is 31.7 Å². The molecule has 122 valence electrons. The number of benzene rings is 1. The molecule has 0 radical (unpaired) electrons. The Balaban J connectivity index is 1.55. The molecular formula is C18H27NO3. The zero-order valence-corrected chi connectivity index (χ0v) is 13.3. The molecule has 2 fully saturated rings. The van der Waals surface area contributed by atoms with Crippen molar-refractivity contribution in [2.75, 3.05) is 19.8 Å². The van der Waals surface area contributed by atoms with Crippen LogP contribution in [0.4, 0.5) is 0 Å². The number of hydrogen-bond donors (Lipinski definition) is 3. The summed E-state index contributed by atoms with van der Waals surface area (Å²) in [7, 11) is 0. The van der Waals surface area contributed by atoms with E-state index in [9.17, 15) is 10.2 Å². The van der Waals surface area contributed by atoms with Crippen LogP contribution >= 0.6 is 0 Å². The van der Waals surface area contributed by atoms with Crippen LogP contribution in [0, 0.1) is 6.92 Å². The second-order valence-corrected chi connectivity index (χ2v) is 6.97. The Kier molecular flexibility index (Phi) is 4.55.